The molecule has 0 aliphatic carbocycles. The monoisotopic (exact) mass is 286 g/mol. The third kappa shape index (κ3) is 3.08. The molecule has 5 heteroatoms. The third-order valence-corrected chi connectivity index (χ3v) is 4.21. The van der Waals surface area contributed by atoms with Crippen LogP contribution in [0.5, 0.6) is 0 Å². The molecule has 0 radical (unpaired) electrons. The first-order valence-corrected chi connectivity index (χ1v) is 7.71. The number of aromatic nitrogens is 2. The van der Waals surface area contributed by atoms with Crippen LogP contribution in [0.25, 0.3) is 11.0 Å². The molecule has 5 nitrogen and oxygen atoms in total. The van der Waals surface area contributed by atoms with E-state index < -0.39 is 0 Å². The van der Waals surface area contributed by atoms with Crippen molar-refractivity contribution in [2.45, 2.75) is 19.8 Å². The molecule has 1 aliphatic heterocycles. The van der Waals surface area contributed by atoms with Gasteiger partial charge in [-0.25, -0.2) is 4.98 Å². The summed E-state index contributed by atoms with van der Waals surface area (Å²) in [4.78, 5) is 21.9. The molecule has 1 aromatic carbocycles. The molecule has 21 heavy (non-hydrogen) atoms. The summed E-state index contributed by atoms with van der Waals surface area (Å²) in [5.41, 5.74) is 2.54. The molecule has 1 saturated heterocycles. The number of amides is 1. The van der Waals surface area contributed by atoms with Crippen molar-refractivity contribution < 1.29 is 4.79 Å². The Labute approximate surface area is 124 Å². The number of piperidine rings is 1. The number of hydrogen-bond acceptors (Lipinski definition) is 3. The van der Waals surface area contributed by atoms with Crippen molar-refractivity contribution in [1.82, 2.24) is 20.2 Å². The Kier molecular flexibility index (Phi) is 4.20. The van der Waals surface area contributed by atoms with Gasteiger partial charge in [-0.15, -0.1) is 0 Å². The summed E-state index contributed by atoms with van der Waals surface area (Å²) in [6, 6.07) is 5.66. The van der Waals surface area contributed by atoms with Crippen molar-refractivity contribution in [1.29, 1.82) is 0 Å². The molecule has 0 spiro atoms. The van der Waals surface area contributed by atoms with E-state index in [2.05, 4.69) is 15.3 Å². The molecule has 1 aliphatic rings. The Bertz CT molecular complexity index is 616. The topological polar surface area (TPSA) is 61.0 Å². The first-order valence-electron chi connectivity index (χ1n) is 7.71. The fourth-order valence-corrected chi connectivity index (χ4v) is 3.00. The SMILES string of the molecule is CCN(CC1CCCNC1)C(=O)c1ccc2nc[nH]c2c1. The van der Waals surface area contributed by atoms with Crippen LogP contribution in [-0.4, -0.2) is 47.0 Å². The van der Waals surface area contributed by atoms with Crippen LogP contribution in [0.4, 0.5) is 0 Å². The second-order valence-electron chi connectivity index (χ2n) is 5.69. The molecule has 1 unspecified atom stereocenters. The minimum absolute atomic E-state index is 0.111. The van der Waals surface area contributed by atoms with Crippen molar-refractivity contribution in [3.05, 3.63) is 30.1 Å². The molecule has 1 atom stereocenters. The van der Waals surface area contributed by atoms with E-state index in [9.17, 15) is 4.79 Å². The number of fused-ring (bicyclic) bond motifs is 1. The number of carbonyl (C=O) groups is 1. The predicted octanol–water partition coefficient (Wildman–Crippen LogP) is 2.02. The van der Waals surface area contributed by atoms with Gasteiger partial charge >= 0.3 is 0 Å². The zero-order valence-electron chi connectivity index (χ0n) is 12.4. The number of imidazole rings is 1. The van der Waals surface area contributed by atoms with E-state index in [4.69, 9.17) is 0 Å². The van der Waals surface area contributed by atoms with E-state index in [-0.39, 0.29) is 5.91 Å². The average molecular weight is 286 g/mol. The van der Waals surface area contributed by atoms with Crippen molar-refractivity contribution >= 4 is 16.9 Å². The Morgan fingerprint density at radius 1 is 1.48 bits per heavy atom. The minimum Gasteiger partial charge on any atom is -0.345 e. The summed E-state index contributed by atoms with van der Waals surface area (Å²) in [6.07, 6.45) is 4.07. The molecule has 3 rings (SSSR count). The second-order valence-corrected chi connectivity index (χ2v) is 5.69. The third-order valence-electron chi connectivity index (χ3n) is 4.21. The molecule has 2 N–H and O–H groups in total. The average Bonchev–Trinajstić information content (AvgIpc) is 3.00. The maximum Gasteiger partial charge on any atom is 0.253 e. The summed E-state index contributed by atoms with van der Waals surface area (Å²) >= 11 is 0. The Morgan fingerprint density at radius 2 is 2.38 bits per heavy atom. The van der Waals surface area contributed by atoms with Crippen LogP contribution in [0.1, 0.15) is 30.1 Å². The number of aromatic amines is 1. The van der Waals surface area contributed by atoms with Gasteiger partial charge < -0.3 is 15.2 Å². The van der Waals surface area contributed by atoms with Gasteiger partial charge in [-0.05, 0) is 57.0 Å². The fourth-order valence-electron chi connectivity index (χ4n) is 3.00. The van der Waals surface area contributed by atoms with Gasteiger partial charge in [0.05, 0.1) is 17.4 Å². The van der Waals surface area contributed by atoms with Crippen LogP contribution < -0.4 is 5.32 Å². The van der Waals surface area contributed by atoms with E-state index in [1.807, 2.05) is 30.0 Å². The molecular formula is C16H22N4O. The van der Waals surface area contributed by atoms with Crippen molar-refractivity contribution in [3.63, 3.8) is 0 Å². The van der Waals surface area contributed by atoms with Crippen LogP contribution in [0.3, 0.4) is 0 Å². The molecule has 1 fully saturated rings. The minimum atomic E-state index is 0.111. The lowest BCUT2D eigenvalue weighted by atomic mass is 9.98. The van der Waals surface area contributed by atoms with Crippen molar-refractivity contribution in [2.24, 2.45) is 5.92 Å². The summed E-state index contributed by atoms with van der Waals surface area (Å²) in [7, 11) is 0. The van der Waals surface area contributed by atoms with Gasteiger partial charge in [0.25, 0.3) is 5.91 Å². The van der Waals surface area contributed by atoms with Gasteiger partial charge in [0.1, 0.15) is 0 Å². The van der Waals surface area contributed by atoms with Crippen LogP contribution in [0.15, 0.2) is 24.5 Å². The van der Waals surface area contributed by atoms with Gasteiger partial charge in [0, 0.05) is 18.7 Å². The summed E-state index contributed by atoms with van der Waals surface area (Å²) < 4.78 is 0. The van der Waals surface area contributed by atoms with Gasteiger partial charge in [0.15, 0.2) is 0 Å². The largest absolute Gasteiger partial charge is 0.345 e. The normalized spacial score (nSPS) is 18.8. The number of carbonyl (C=O) groups excluding carboxylic acids is 1. The highest BCUT2D eigenvalue weighted by Gasteiger charge is 2.21. The fraction of sp³-hybridized carbons (Fsp3) is 0.500. The Hall–Kier alpha value is -1.88. The smallest absolute Gasteiger partial charge is 0.253 e. The molecular weight excluding hydrogens is 264 g/mol. The second kappa shape index (κ2) is 6.26. The summed E-state index contributed by atoms with van der Waals surface area (Å²) in [6.45, 7) is 5.75. The lowest BCUT2D eigenvalue weighted by Gasteiger charge is -2.29. The first-order chi connectivity index (χ1) is 10.3. The highest BCUT2D eigenvalue weighted by molar-refractivity contribution is 5.97. The Morgan fingerprint density at radius 3 is 3.14 bits per heavy atom. The molecule has 2 heterocycles. The van der Waals surface area contributed by atoms with E-state index in [1.54, 1.807) is 6.33 Å². The zero-order chi connectivity index (χ0) is 14.7. The lowest BCUT2D eigenvalue weighted by Crippen LogP contribution is -2.41. The zero-order valence-corrected chi connectivity index (χ0v) is 12.4. The first kappa shape index (κ1) is 14.1. The van der Waals surface area contributed by atoms with Gasteiger partial charge in [0.2, 0.25) is 0 Å². The highest BCUT2D eigenvalue weighted by Crippen LogP contribution is 2.16. The van der Waals surface area contributed by atoms with Crippen LogP contribution in [-0.2, 0) is 0 Å². The number of nitrogens with one attached hydrogen (secondary N) is 2. The van der Waals surface area contributed by atoms with E-state index in [0.29, 0.717) is 5.92 Å². The van der Waals surface area contributed by atoms with E-state index in [1.165, 1.54) is 12.8 Å². The maximum atomic E-state index is 12.7. The molecule has 112 valence electrons. The van der Waals surface area contributed by atoms with Crippen LogP contribution in [0.2, 0.25) is 0 Å². The lowest BCUT2D eigenvalue weighted by molar-refractivity contribution is 0.0729. The van der Waals surface area contributed by atoms with Crippen LogP contribution in [0, 0.1) is 5.92 Å². The molecule has 0 bridgehead atoms. The van der Waals surface area contributed by atoms with Gasteiger partial charge in [-0.2, -0.15) is 0 Å². The predicted molar refractivity (Wildman–Crippen MR) is 83.3 cm³/mol. The number of hydrogen-bond donors (Lipinski definition) is 2. The van der Waals surface area contributed by atoms with Crippen LogP contribution >= 0.6 is 0 Å². The summed E-state index contributed by atoms with van der Waals surface area (Å²) in [5, 5.41) is 3.41. The Balaban J connectivity index is 1.74. The summed E-state index contributed by atoms with van der Waals surface area (Å²) in [5.74, 6) is 0.679. The van der Waals surface area contributed by atoms with Crippen molar-refractivity contribution in [2.75, 3.05) is 26.2 Å². The number of rotatable bonds is 4. The number of benzene rings is 1. The number of H-pyrrole nitrogens is 1. The van der Waals surface area contributed by atoms with Gasteiger partial charge in [-0.1, -0.05) is 0 Å². The quantitative estimate of drug-likeness (QED) is 0.904. The molecule has 1 aromatic heterocycles. The standard InChI is InChI=1S/C16H22N4O/c1-2-20(10-12-4-3-7-17-9-12)16(21)13-5-6-14-15(8-13)19-11-18-14/h5-6,8,11-12,17H,2-4,7,9-10H2,1H3,(H,18,19). The van der Waals surface area contributed by atoms with Crippen molar-refractivity contribution in [3.8, 4) is 0 Å². The molecule has 1 amide bonds. The van der Waals surface area contributed by atoms with E-state index >= 15 is 0 Å². The highest BCUT2D eigenvalue weighted by atomic mass is 16.2. The van der Waals surface area contributed by atoms with Gasteiger partial charge in [-0.3, -0.25) is 4.79 Å². The number of nitrogens with zero attached hydrogens (tertiary/aromatic N) is 2. The van der Waals surface area contributed by atoms with E-state index in [0.717, 1.165) is 42.8 Å². The molecule has 0 saturated carbocycles. The molecule has 2 aromatic rings. The maximum absolute atomic E-state index is 12.7.